The van der Waals surface area contributed by atoms with Gasteiger partial charge in [-0.15, -0.1) is 0 Å². The molecule has 10 heteroatoms. The molecule has 3 N–H and O–H groups in total. The Morgan fingerprint density at radius 2 is 1.81 bits per heavy atom. The van der Waals surface area contributed by atoms with Gasteiger partial charge in [-0.2, -0.15) is 0 Å². The number of likely N-dealkylation sites (tertiary alicyclic amines) is 1. The third-order valence-corrected chi connectivity index (χ3v) is 8.73. The van der Waals surface area contributed by atoms with Crippen LogP contribution in [0.5, 0.6) is 17.2 Å². The molecule has 1 aliphatic carbocycles. The molecule has 3 aliphatic heterocycles. The van der Waals surface area contributed by atoms with Crippen molar-refractivity contribution in [1.82, 2.24) is 20.9 Å². The highest BCUT2D eigenvalue weighted by atomic mass is 16.5. The summed E-state index contributed by atoms with van der Waals surface area (Å²) >= 11 is 0. The van der Waals surface area contributed by atoms with Crippen LogP contribution >= 0.6 is 0 Å². The number of nitrogens with one attached hydrogen (secondary N) is 3. The summed E-state index contributed by atoms with van der Waals surface area (Å²) in [6.07, 6.45) is 5.39. The van der Waals surface area contributed by atoms with Crippen molar-refractivity contribution < 1.29 is 28.6 Å². The monoisotopic (exact) mass is 590 g/mol. The maximum atomic E-state index is 13.2. The van der Waals surface area contributed by atoms with Gasteiger partial charge < -0.3 is 35.1 Å². The van der Waals surface area contributed by atoms with E-state index in [9.17, 15) is 14.4 Å². The quantitative estimate of drug-likeness (QED) is 0.489. The summed E-state index contributed by atoms with van der Waals surface area (Å²) in [6.45, 7) is 4.04. The molecule has 0 unspecified atom stereocenters. The molecule has 4 aliphatic rings. The Labute approximate surface area is 252 Å². The van der Waals surface area contributed by atoms with Crippen LogP contribution in [0.15, 0.2) is 42.5 Å². The van der Waals surface area contributed by atoms with E-state index >= 15 is 0 Å². The van der Waals surface area contributed by atoms with Crippen molar-refractivity contribution in [3.8, 4) is 17.2 Å². The Morgan fingerprint density at radius 1 is 0.953 bits per heavy atom. The number of carbonyl (C=O) groups excluding carboxylic acids is 3. The lowest BCUT2D eigenvalue weighted by Gasteiger charge is -2.39. The van der Waals surface area contributed by atoms with E-state index in [-0.39, 0.29) is 42.8 Å². The molecule has 4 bridgehead atoms. The summed E-state index contributed by atoms with van der Waals surface area (Å²) in [7, 11) is 0. The molecule has 43 heavy (non-hydrogen) atoms. The standard InChI is InChI=1S/C33H42N4O6/c38-31-8-12-35-33(40)25-16-27(41-20-23-4-5-23)18-28(17-25)43-26-3-1-2-24(14-26)21-42-30-9-13-37(19-29(30)36-31)32(39)15-22-6-10-34-11-7-22/h1-3,14,16-18,22-23,29-30,34H,4-13,15,19-21H2,(H,35,40)(H,36,38)/t29-,30+/m0/s1. The van der Waals surface area contributed by atoms with Crippen LogP contribution in [0.1, 0.15) is 60.9 Å². The highest BCUT2D eigenvalue weighted by molar-refractivity contribution is 5.95. The number of nitrogens with zero attached hydrogens (tertiary/aromatic N) is 1. The summed E-state index contributed by atoms with van der Waals surface area (Å²) in [6, 6.07) is 12.5. The van der Waals surface area contributed by atoms with Crippen LogP contribution in [0.3, 0.4) is 0 Å². The Morgan fingerprint density at radius 3 is 2.65 bits per heavy atom. The first-order valence-corrected chi connectivity index (χ1v) is 15.7. The van der Waals surface area contributed by atoms with E-state index in [4.69, 9.17) is 14.2 Å². The lowest BCUT2D eigenvalue weighted by Crippen LogP contribution is -2.57. The minimum Gasteiger partial charge on any atom is -0.493 e. The first kappa shape index (κ1) is 29.4. The number of hydrogen-bond donors (Lipinski definition) is 3. The largest absolute Gasteiger partial charge is 0.493 e. The third-order valence-electron chi connectivity index (χ3n) is 8.73. The van der Waals surface area contributed by atoms with Crippen LogP contribution in [0.4, 0.5) is 0 Å². The van der Waals surface area contributed by atoms with Crippen molar-refractivity contribution in [2.24, 2.45) is 11.8 Å². The van der Waals surface area contributed by atoms with Crippen molar-refractivity contribution in [3.63, 3.8) is 0 Å². The van der Waals surface area contributed by atoms with E-state index in [0.717, 1.165) is 44.3 Å². The molecule has 3 heterocycles. The molecule has 2 atom stereocenters. The van der Waals surface area contributed by atoms with E-state index in [1.807, 2.05) is 29.2 Å². The summed E-state index contributed by atoms with van der Waals surface area (Å²) in [5, 5.41) is 9.32. The molecule has 2 aromatic rings. The fraction of sp³-hybridized carbons (Fsp3) is 0.545. The van der Waals surface area contributed by atoms with Gasteiger partial charge >= 0.3 is 0 Å². The van der Waals surface area contributed by atoms with Crippen LogP contribution in [-0.2, 0) is 20.9 Å². The summed E-state index contributed by atoms with van der Waals surface area (Å²) in [4.78, 5) is 41.2. The SMILES string of the molecule is O=C1CCNC(=O)c2cc(OCC3CC3)cc(c2)Oc2cccc(c2)CO[C@@H]2CCN(C(=O)CC3CCNCC3)C[C@@H]2N1. The zero-order valence-electron chi connectivity index (χ0n) is 24.6. The smallest absolute Gasteiger partial charge is 0.251 e. The van der Waals surface area contributed by atoms with Crippen LogP contribution in [0, 0.1) is 11.8 Å². The Kier molecular flexibility index (Phi) is 9.43. The summed E-state index contributed by atoms with van der Waals surface area (Å²) in [5.74, 6) is 2.31. The fourth-order valence-corrected chi connectivity index (χ4v) is 6.01. The highest BCUT2D eigenvalue weighted by Gasteiger charge is 2.34. The minimum atomic E-state index is -0.342. The maximum absolute atomic E-state index is 13.2. The predicted octanol–water partition coefficient (Wildman–Crippen LogP) is 3.39. The second-order valence-corrected chi connectivity index (χ2v) is 12.3. The molecular weight excluding hydrogens is 548 g/mol. The average Bonchev–Trinajstić information content (AvgIpc) is 3.84. The predicted molar refractivity (Wildman–Crippen MR) is 160 cm³/mol. The van der Waals surface area contributed by atoms with Gasteiger partial charge in [-0.05, 0) is 86.9 Å². The van der Waals surface area contributed by atoms with Crippen LogP contribution < -0.4 is 25.4 Å². The van der Waals surface area contributed by atoms with Gasteiger partial charge in [0.2, 0.25) is 11.8 Å². The molecule has 0 radical (unpaired) electrons. The molecule has 0 spiro atoms. The lowest BCUT2D eigenvalue weighted by atomic mass is 9.93. The van der Waals surface area contributed by atoms with Gasteiger partial charge in [0.15, 0.2) is 0 Å². The number of hydrogen-bond acceptors (Lipinski definition) is 7. The van der Waals surface area contributed by atoms with E-state index in [1.54, 1.807) is 18.2 Å². The molecule has 10 nitrogen and oxygen atoms in total. The van der Waals surface area contributed by atoms with Gasteiger partial charge in [0, 0.05) is 44.1 Å². The number of rotatable bonds is 5. The minimum absolute atomic E-state index is 0.111. The van der Waals surface area contributed by atoms with Gasteiger partial charge in [0.05, 0.1) is 25.4 Å². The van der Waals surface area contributed by atoms with Gasteiger partial charge in [0.25, 0.3) is 5.91 Å². The van der Waals surface area contributed by atoms with E-state index in [1.165, 1.54) is 0 Å². The number of ether oxygens (including phenoxy) is 3. The van der Waals surface area contributed by atoms with Crippen LogP contribution in [-0.4, -0.2) is 74.1 Å². The third kappa shape index (κ3) is 8.26. The van der Waals surface area contributed by atoms with Crippen molar-refractivity contribution in [2.75, 3.05) is 39.3 Å². The summed E-state index contributed by atoms with van der Waals surface area (Å²) in [5.41, 5.74) is 1.33. The number of benzene rings is 2. The first-order chi connectivity index (χ1) is 21.0. The number of piperidine rings is 2. The molecule has 230 valence electrons. The van der Waals surface area contributed by atoms with Gasteiger partial charge in [-0.25, -0.2) is 0 Å². The molecule has 6 rings (SSSR count). The van der Waals surface area contributed by atoms with E-state index in [0.29, 0.717) is 73.8 Å². The molecule has 3 fully saturated rings. The number of carbonyl (C=O) groups is 3. The van der Waals surface area contributed by atoms with Crippen molar-refractivity contribution in [1.29, 1.82) is 0 Å². The van der Waals surface area contributed by atoms with Crippen molar-refractivity contribution >= 4 is 17.7 Å². The topological polar surface area (TPSA) is 118 Å². The van der Waals surface area contributed by atoms with Crippen molar-refractivity contribution in [3.05, 3.63) is 53.6 Å². The van der Waals surface area contributed by atoms with Crippen molar-refractivity contribution in [2.45, 2.75) is 63.7 Å². The Balaban J connectivity index is 1.17. The molecule has 2 aromatic carbocycles. The zero-order chi connectivity index (χ0) is 29.6. The van der Waals surface area contributed by atoms with Gasteiger partial charge in [0.1, 0.15) is 17.2 Å². The Hall–Kier alpha value is -3.63. The average molecular weight is 591 g/mol. The van der Waals surface area contributed by atoms with Crippen LogP contribution in [0.2, 0.25) is 0 Å². The Bertz CT molecular complexity index is 1310. The molecule has 1 saturated carbocycles. The lowest BCUT2D eigenvalue weighted by molar-refractivity contribution is -0.138. The second-order valence-electron chi connectivity index (χ2n) is 12.3. The maximum Gasteiger partial charge on any atom is 0.251 e. The first-order valence-electron chi connectivity index (χ1n) is 15.7. The normalized spacial score (nSPS) is 23.7. The number of amides is 3. The van der Waals surface area contributed by atoms with Crippen LogP contribution in [0.25, 0.3) is 0 Å². The fourth-order valence-electron chi connectivity index (χ4n) is 6.01. The molecule has 3 amide bonds. The zero-order valence-corrected chi connectivity index (χ0v) is 24.6. The molecule has 2 saturated heterocycles. The van der Waals surface area contributed by atoms with Gasteiger partial charge in [-0.1, -0.05) is 12.1 Å². The second kappa shape index (κ2) is 13.8. The van der Waals surface area contributed by atoms with E-state index < -0.39 is 0 Å². The van der Waals surface area contributed by atoms with Gasteiger partial charge in [-0.3, -0.25) is 14.4 Å². The number of fused-ring (bicyclic) bond motifs is 5. The summed E-state index contributed by atoms with van der Waals surface area (Å²) < 4.78 is 18.5. The molecular formula is C33H42N4O6. The van der Waals surface area contributed by atoms with E-state index in [2.05, 4.69) is 16.0 Å². The highest BCUT2D eigenvalue weighted by Crippen LogP contribution is 2.32. The molecule has 0 aromatic heterocycles.